The van der Waals surface area contributed by atoms with Gasteiger partial charge in [0.15, 0.2) is 0 Å². The third-order valence-corrected chi connectivity index (χ3v) is 5.84. The van der Waals surface area contributed by atoms with E-state index in [1.165, 1.54) is 0 Å². The lowest BCUT2D eigenvalue weighted by Crippen LogP contribution is -2.18. The van der Waals surface area contributed by atoms with E-state index in [-0.39, 0.29) is 28.1 Å². The van der Waals surface area contributed by atoms with Crippen LogP contribution >= 0.6 is 0 Å². The van der Waals surface area contributed by atoms with Crippen LogP contribution in [-0.4, -0.2) is 19.5 Å². The standard InChI is InChI=1S/C15H21NO5S/c16-22(19,20)14-11(15(17)18)12(9-5-1-2-6-9)21-13(14)10-7-3-4-8-10/h9-10H,1-8H2,(H,17,18)(H2,16,19,20). The van der Waals surface area contributed by atoms with Gasteiger partial charge in [-0.25, -0.2) is 18.4 Å². The molecule has 7 heteroatoms. The van der Waals surface area contributed by atoms with Crippen molar-refractivity contribution in [1.29, 1.82) is 0 Å². The van der Waals surface area contributed by atoms with Gasteiger partial charge in [0.1, 0.15) is 22.0 Å². The Bertz CT molecular complexity index is 679. The fraction of sp³-hybridized carbons (Fsp3) is 0.667. The van der Waals surface area contributed by atoms with Crippen molar-refractivity contribution in [3.8, 4) is 0 Å². The van der Waals surface area contributed by atoms with Crippen LogP contribution in [0, 0.1) is 0 Å². The van der Waals surface area contributed by atoms with Crippen molar-refractivity contribution in [1.82, 2.24) is 0 Å². The van der Waals surface area contributed by atoms with Crippen molar-refractivity contribution in [2.75, 3.05) is 0 Å². The molecule has 1 aromatic rings. The summed E-state index contributed by atoms with van der Waals surface area (Å²) in [6, 6.07) is 0. The average Bonchev–Trinajstić information content (AvgIpc) is 3.17. The first kappa shape index (κ1) is 15.6. The molecule has 2 saturated carbocycles. The van der Waals surface area contributed by atoms with Crippen LogP contribution < -0.4 is 5.14 Å². The van der Waals surface area contributed by atoms with Crippen LogP contribution in [0.3, 0.4) is 0 Å². The predicted molar refractivity (Wildman–Crippen MR) is 79.5 cm³/mol. The molecule has 22 heavy (non-hydrogen) atoms. The summed E-state index contributed by atoms with van der Waals surface area (Å²) >= 11 is 0. The lowest BCUT2D eigenvalue weighted by Gasteiger charge is -2.08. The Morgan fingerprint density at radius 1 is 1.00 bits per heavy atom. The summed E-state index contributed by atoms with van der Waals surface area (Å²) in [5.41, 5.74) is -0.226. The Morgan fingerprint density at radius 3 is 1.86 bits per heavy atom. The summed E-state index contributed by atoms with van der Waals surface area (Å²) in [6.45, 7) is 0. The lowest BCUT2D eigenvalue weighted by molar-refractivity contribution is 0.0690. The molecule has 2 aliphatic rings. The monoisotopic (exact) mass is 327 g/mol. The number of hydrogen-bond acceptors (Lipinski definition) is 4. The van der Waals surface area contributed by atoms with E-state index in [1.807, 2.05) is 0 Å². The Morgan fingerprint density at radius 2 is 1.45 bits per heavy atom. The molecule has 0 unspecified atom stereocenters. The van der Waals surface area contributed by atoms with Gasteiger partial charge in [0.05, 0.1) is 0 Å². The van der Waals surface area contributed by atoms with Gasteiger partial charge in [-0.05, 0) is 25.7 Å². The molecule has 3 rings (SSSR count). The molecule has 0 atom stereocenters. The van der Waals surface area contributed by atoms with E-state index < -0.39 is 16.0 Å². The molecule has 122 valence electrons. The summed E-state index contributed by atoms with van der Waals surface area (Å²) in [4.78, 5) is 11.4. The Labute approximate surface area is 129 Å². The molecule has 0 aliphatic heterocycles. The van der Waals surface area contributed by atoms with Gasteiger partial charge < -0.3 is 9.52 Å². The molecule has 0 saturated heterocycles. The molecule has 2 fully saturated rings. The zero-order chi connectivity index (χ0) is 15.9. The smallest absolute Gasteiger partial charge is 0.340 e. The molecule has 0 amide bonds. The molecule has 1 aromatic heterocycles. The molecule has 6 nitrogen and oxygen atoms in total. The number of primary sulfonamides is 1. The summed E-state index contributed by atoms with van der Waals surface area (Å²) in [5.74, 6) is -0.725. The molecule has 0 aromatic carbocycles. The van der Waals surface area contributed by atoms with E-state index >= 15 is 0 Å². The fourth-order valence-corrected chi connectivity index (χ4v) is 4.83. The molecule has 2 aliphatic carbocycles. The number of carbonyl (C=O) groups is 1. The van der Waals surface area contributed by atoms with E-state index in [0.717, 1.165) is 51.4 Å². The molecular formula is C15H21NO5S. The number of hydrogen-bond donors (Lipinski definition) is 2. The minimum atomic E-state index is -4.13. The van der Waals surface area contributed by atoms with E-state index in [2.05, 4.69) is 0 Å². The second-order valence-corrected chi connectivity index (χ2v) is 7.85. The highest BCUT2D eigenvalue weighted by Crippen LogP contribution is 2.45. The first-order valence-corrected chi connectivity index (χ1v) is 9.37. The van der Waals surface area contributed by atoms with Crippen molar-refractivity contribution < 1.29 is 22.7 Å². The van der Waals surface area contributed by atoms with Crippen molar-refractivity contribution in [2.45, 2.75) is 68.1 Å². The third kappa shape index (κ3) is 2.67. The Kier molecular flexibility index (Phi) is 4.03. The van der Waals surface area contributed by atoms with E-state index in [1.54, 1.807) is 0 Å². The maximum atomic E-state index is 12.0. The maximum Gasteiger partial charge on any atom is 0.340 e. The Hall–Kier alpha value is -1.34. The highest BCUT2D eigenvalue weighted by atomic mass is 32.2. The van der Waals surface area contributed by atoms with Crippen molar-refractivity contribution in [2.24, 2.45) is 5.14 Å². The summed E-state index contributed by atoms with van der Waals surface area (Å²) in [5, 5.41) is 14.9. The Balaban J connectivity index is 2.20. The highest BCUT2D eigenvalue weighted by Gasteiger charge is 2.38. The van der Waals surface area contributed by atoms with Crippen LogP contribution in [0.1, 0.15) is 85.1 Å². The van der Waals surface area contributed by atoms with Crippen molar-refractivity contribution in [3.05, 3.63) is 17.1 Å². The summed E-state index contributed by atoms with van der Waals surface area (Å²) in [6.07, 6.45) is 7.32. The van der Waals surface area contributed by atoms with Gasteiger partial charge in [-0.2, -0.15) is 0 Å². The molecule has 0 radical (unpaired) electrons. The SMILES string of the molecule is NS(=O)(=O)c1c(C2CCCC2)oc(C2CCCC2)c1C(=O)O. The summed E-state index contributed by atoms with van der Waals surface area (Å²) in [7, 11) is -4.13. The zero-order valence-corrected chi connectivity index (χ0v) is 13.2. The van der Waals surface area contributed by atoms with Crippen LogP contribution in [0.4, 0.5) is 0 Å². The van der Waals surface area contributed by atoms with Gasteiger partial charge in [0, 0.05) is 11.8 Å². The first-order chi connectivity index (χ1) is 10.4. The second-order valence-electron chi connectivity index (χ2n) is 6.35. The lowest BCUT2D eigenvalue weighted by atomic mass is 10.0. The van der Waals surface area contributed by atoms with Crippen LogP contribution in [0.5, 0.6) is 0 Å². The zero-order valence-electron chi connectivity index (χ0n) is 12.4. The summed E-state index contributed by atoms with van der Waals surface area (Å²) < 4.78 is 29.9. The van der Waals surface area contributed by atoms with Crippen LogP contribution in [0.25, 0.3) is 0 Å². The predicted octanol–water partition coefficient (Wildman–Crippen LogP) is 2.94. The quantitative estimate of drug-likeness (QED) is 0.883. The highest BCUT2D eigenvalue weighted by molar-refractivity contribution is 7.89. The van der Waals surface area contributed by atoms with Crippen LogP contribution in [0.2, 0.25) is 0 Å². The fourth-order valence-electron chi connectivity index (χ4n) is 3.87. The number of carboxylic acid groups (broad SMARTS) is 1. The van der Waals surface area contributed by atoms with Gasteiger partial charge in [0.25, 0.3) is 0 Å². The van der Waals surface area contributed by atoms with Crippen molar-refractivity contribution in [3.63, 3.8) is 0 Å². The normalized spacial score (nSPS) is 20.8. The topological polar surface area (TPSA) is 111 Å². The molecular weight excluding hydrogens is 306 g/mol. The van der Waals surface area contributed by atoms with Crippen LogP contribution in [0.15, 0.2) is 9.31 Å². The van der Waals surface area contributed by atoms with Crippen LogP contribution in [-0.2, 0) is 10.0 Å². The second kappa shape index (κ2) is 5.70. The van der Waals surface area contributed by atoms with Gasteiger partial charge in [-0.1, -0.05) is 25.7 Å². The minimum absolute atomic E-state index is 0.0123. The molecule has 0 bridgehead atoms. The van der Waals surface area contributed by atoms with E-state index in [0.29, 0.717) is 5.76 Å². The minimum Gasteiger partial charge on any atom is -0.478 e. The van der Waals surface area contributed by atoms with Gasteiger partial charge in [-0.15, -0.1) is 0 Å². The largest absolute Gasteiger partial charge is 0.478 e. The van der Waals surface area contributed by atoms with Crippen molar-refractivity contribution >= 4 is 16.0 Å². The molecule has 1 heterocycles. The number of aromatic carboxylic acids is 1. The van der Waals surface area contributed by atoms with Gasteiger partial charge in [-0.3, -0.25) is 0 Å². The number of carboxylic acids is 1. The maximum absolute atomic E-state index is 12.0. The first-order valence-electron chi connectivity index (χ1n) is 7.82. The number of sulfonamides is 1. The van der Waals surface area contributed by atoms with Gasteiger partial charge >= 0.3 is 5.97 Å². The molecule has 0 spiro atoms. The number of furan rings is 1. The van der Waals surface area contributed by atoms with E-state index in [9.17, 15) is 18.3 Å². The number of nitrogens with two attached hydrogens (primary N) is 1. The third-order valence-electron chi connectivity index (χ3n) is 4.87. The molecule has 3 N–H and O–H groups in total. The number of rotatable bonds is 4. The van der Waals surface area contributed by atoms with Gasteiger partial charge in [0.2, 0.25) is 10.0 Å². The van der Waals surface area contributed by atoms with E-state index in [4.69, 9.17) is 9.56 Å². The average molecular weight is 327 g/mol.